The molecule has 5 rings (SSSR count). The highest BCUT2D eigenvalue weighted by Gasteiger charge is 2.35. The Balaban J connectivity index is 1.24. The maximum atomic E-state index is 13.4. The highest BCUT2D eigenvalue weighted by Crippen LogP contribution is 2.27. The van der Waals surface area contributed by atoms with Crippen molar-refractivity contribution < 1.29 is 22.4 Å². The summed E-state index contributed by atoms with van der Waals surface area (Å²) in [6, 6.07) is 17.6. The third-order valence-electron chi connectivity index (χ3n) is 7.63. The first-order valence-electron chi connectivity index (χ1n) is 13.2. The summed E-state index contributed by atoms with van der Waals surface area (Å²) in [5.41, 5.74) is 0.365. The minimum atomic E-state index is -3.74. The predicted molar refractivity (Wildman–Crippen MR) is 143 cm³/mol. The van der Waals surface area contributed by atoms with E-state index in [0.29, 0.717) is 24.9 Å². The van der Waals surface area contributed by atoms with E-state index in [2.05, 4.69) is 10.6 Å². The monoisotopic (exact) mass is 537 g/mol. The fourth-order valence-electron chi connectivity index (χ4n) is 5.48. The summed E-state index contributed by atoms with van der Waals surface area (Å²) in [6.07, 6.45) is 4.52. The summed E-state index contributed by atoms with van der Waals surface area (Å²) < 4.78 is 41.5. The van der Waals surface area contributed by atoms with Crippen molar-refractivity contribution in [3.05, 3.63) is 78.1 Å². The molecule has 1 saturated carbocycles. The number of hydrogen-bond donors (Lipinski definition) is 2. The van der Waals surface area contributed by atoms with Gasteiger partial charge in [-0.15, -0.1) is 0 Å². The van der Waals surface area contributed by atoms with Crippen LogP contribution in [0.3, 0.4) is 0 Å². The Morgan fingerprint density at radius 2 is 1.50 bits per heavy atom. The SMILES string of the molecule is O=C(N[C@@H]1CCCC[C@H]1NC(=O)C1CCCN(S(=O)(=O)c2ccc3ccccc3c2)C1)c1ccc(F)cc1. The second kappa shape index (κ2) is 11.2. The van der Waals surface area contributed by atoms with Crippen LogP contribution in [0.25, 0.3) is 10.8 Å². The van der Waals surface area contributed by atoms with Crippen LogP contribution in [0, 0.1) is 11.7 Å². The van der Waals surface area contributed by atoms with Crippen LogP contribution in [0.2, 0.25) is 0 Å². The van der Waals surface area contributed by atoms with Crippen LogP contribution < -0.4 is 10.6 Å². The Bertz CT molecular complexity index is 1430. The normalized spacial score (nSPS) is 22.6. The predicted octanol–water partition coefficient (Wildman–Crippen LogP) is 4.24. The zero-order valence-electron chi connectivity index (χ0n) is 21.1. The molecule has 3 aromatic carbocycles. The van der Waals surface area contributed by atoms with E-state index >= 15 is 0 Å². The number of sulfonamides is 1. The molecule has 9 heteroatoms. The topological polar surface area (TPSA) is 95.6 Å². The molecule has 3 aromatic rings. The summed E-state index contributed by atoms with van der Waals surface area (Å²) >= 11 is 0. The molecule has 0 spiro atoms. The lowest BCUT2D eigenvalue weighted by molar-refractivity contribution is -0.127. The van der Waals surface area contributed by atoms with Crippen LogP contribution >= 0.6 is 0 Å². The van der Waals surface area contributed by atoms with Gasteiger partial charge in [-0.05, 0) is 72.9 Å². The highest BCUT2D eigenvalue weighted by molar-refractivity contribution is 7.89. The lowest BCUT2D eigenvalue weighted by atomic mass is 9.89. The number of piperidine rings is 1. The number of amides is 2. The van der Waals surface area contributed by atoms with Crippen molar-refractivity contribution in [1.29, 1.82) is 0 Å². The van der Waals surface area contributed by atoms with Gasteiger partial charge in [0.15, 0.2) is 0 Å². The van der Waals surface area contributed by atoms with Crippen LogP contribution in [0.5, 0.6) is 0 Å². The van der Waals surface area contributed by atoms with Crippen LogP contribution in [0.15, 0.2) is 71.6 Å². The highest BCUT2D eigenvalue weighted by atomic mass is 32.2. The van der Waals surface area contributed by atoms with Crippen LogP contribution in [0.1, 0.15) is 48.9 Å². The van der Waals surface area contributed by atoms with Gasteiger partial charge in [-0.25, -0.2) is 12.8 Å². The number of carbonyl (C=O) groups is 2. The van der Waals surface area contributed by atoms with E-state index in [1.165, 1.54) is 28.6 Å². The van der Waals surface area contributed by atoms with Crippen molar-refractivity contribution in [1.82, 2.24) is 14.9 Å². The number of halogens is 1. The van der Waals surface area contributed by atoms with Gasteiger partial charge in [0, 0.05) is 30.7 Å². The van der Waals surface area contributed by atoms with Crippen molar-refractivity contribution in [3.63, 3.8) is 0 Å². The molecule has 2 amide bonds. The van der Waals surface area contributed by atoms with Crippen molar-refractivity contribution in [2.24, 2.45) is 5.92 Å². The first-order chi connectivity index (χ1) is 18.3. The largest absolute Gasteiger partial charge is 0.351 e. The molecule has 0 radical (unpaired) electrons. The number of rotatable bonds is 6. The summed E-state index contributed by atoms with van der Waals surface area (Å²) in [5.74, 6) is -1.36. The average molecular weight is 538 g/mol. The Kier molecular flexibility index (Phi) is 7.76. The van der Waals surface area contributed by atoms with E-state index in [0.717, 1.165) is 36.5 Å². The fraction of sp³-hybridized carbons (Fsp3) is 0.379. The third kappa shape index (κ3) is 5.73. The summed E-state index contributed by atoms with van der Waals surface area (Å²) in [5, 5.41) is 7.93. The Labute approximate surface area is 222 Å². The number of fused-ring (bicyclic) bond motifs is 1. The first kappa shape index (κ1) is 26.3. The van der Waals surface area contributed by atoms with Crippen LogP contribution in [-0.2, 0) is 14.8 Å². The van der Waals surface area contributed by atoms with E-state index < -0.39 is 21.8 Å². The number of hydrogen-bond acceptors (Lipinski definition) is 4. The van der Waals surface area contributed by atoms with Gasteiger partial charge >= 0.3 is 0 Å². The summed E-state index contributed by atoms with van der Waals surface area (Å²) in [7, 11) is -3.74. The fourth-order valence-corrected chi connectivity index (χ4v) is 7.04. The maximum Gasteiger partial charge on any atom is 0.251 e. The van der Waals surface area contributed by atoms with E-state index in [4.69, 9.17) is 0 Å². The molecule has 2 N–H and O–H groups in total. The number of nitrogens with zero attached hydrogens (tertiary/aromatic N) is 1. The molecule has 2 fully saturated rings. The maximum absolute atomic E-state index is 13.4. The molecular weight excluding hydrogens is 505 g/mol. The van der Waals surface area contributed by atoms with Gasteiger partial charge in [0.1, 0.15) is 5.82 Å². The molecule has 1 unspecified atom stereocenters. The second-order valence-electron chi connectivity index (χ2n) is 10.2. The molecule has 7 nitrogen and oxygen atoms in total. The molecular formula is C29H32FN3O4S. The summed E-state index contributed by atoms with van der Waals surface area (Å²) in [6.45, 7) is 0.499. The minimum Gasteiger partial charge on any atom is -0.351 e. The number of carbonyl (C=O) groups excluding carboxylic acids is 2. The van der Waals surface area contributed by atoms with E-state index in [9.17, 15) is 22.4 Å². The smallest absolute Gasteiger partial charge is 0.251 e. The first-order valence-corrected chi connectivity index (χ1v) is 14.6. The number of benzene rings is 3. The molecule has 3 atom stereocenters. The molecule has 1 aliphatic carbocycles. The van der Waals surface area contributed by atoms with Crippen LogP contribution in [0.4, 0.5) is 4.39 Å². The van der Waals surface area contributed by atoms with Gasteiger partial charge in [-0.3, -0.25) is 9.59 Å². The van der Waals surface area contributed by atoms with Gasteiger partial charge in [0.05, 0.1) is 10.8 Å². The van der Waals surface area contributed by atoms with E-state index in [1.807, 2.05) is 24.3 Å². The lowest BCUT2D eigenvalue weighted by Crippen LogP contribution is -2.55. The van der Waals surface area contributed by atoms with E-state index in [-0.39, 0.29) is 35.3 Å². The Hall–Kier alpha value is -3.30. The molecule has 1 saturated heterocycles. The average Bonchev–Trinajstić information content (AvgIpc) is 2.94. The Morgan fingerprint density at radius 3 is 2.24 bits per heavy atom. The van der Waals surface area contributed by atoms with Crippen molar-refractivity contribution in [3.8, 4) is 0 Å². The molecule has 1 aliphatic heterocycles. The zero-order valence-corrected chi connectivity index (χ0v) is 21.9. The summed E-state index contributed by atoms with van der Waals surface area (Å²) in [4.78, 5) is 26.2. The van der Waals surface area contributed by atoms with Gasteiger partial charge in [0.2, 0.25) is 15.9 Å². The van der Waals surface area contributed by atoms with Gasteiger partial charge in [-0.2, -0.15) is 4.31 Å². The van der Waals surface area contributed by atoms with Crippen molar-refractivity contribution in [2.45, 2.75) is 55.5 Å². The van der Waals surface area contributed by atoms with E-state index in [1.54, 1.807) is 18.2 Å². The Morgan fingerprint density at radius 1 is 0.816 bits per heavy atom. The van der Waals surface area contributed by atoms with Crippen LogP contribution in [-0.4, -0.2) is 49.7 Å². The van der Waals surface area contributed by atoms with Crippen molar-refractivity contribution >= 4 is 32.6 Å². The van der Waals surface area contributed by atoms with Crippen molar-refractivity contribution in [2.75, 3.05) is 13.1 Å². The molecule has 0 bridgehead atoms. The van der Waals surface area contributed by atoms with Gasteiger partial charge in [-0.1, -0.05) is 43.2 Å². The zero-order chi connectivity index (χ0) is 26.7. The number of nitrogens with one attached hydrogen (secondary N) is 2. The molecule has 200 valence electrons. The molecule has 38 heavy (non-hydrogen) atoms. The standard InChI is InChI=1S/C29H32FN3O4S/c30-24-14-11-21(12-15-24)28(34)31-26-9-3-4-10-27(26)32-29(35)23-8-5-17-33(19-23)38(36,37)25-16-13-20-6-1-2-7-22(20)18-25/h1-2,6-7,11-16,18,23,26-27H,3-5,8-10,17,19H2,(H,31,34)(H,32,35)/t23?,26-,27-/m1/s1. The molecule has 1 heterocycles. The molecule has 2 aliphatic rings. The molecule has 0 aromatic heterocycles. The lowest BCUT2D eigenvalue weighted by Gasteiger charge is -2.36. The minimum absolute atomic E-state index is 0.125. The second-order valence-corrected chi connectivity index (χ2v) is 12.1. The third-order valence-corrected chi connectivity index (χ3v) is 9.49. The van der Waals surface area contributed by atoms with Gasteiger partial charge < -0.3 is 10.6 Å². The quantitative estimate of drug-likeness (QED) is 0.492. The van der Waals surface area contributed by atoms with Gasteiger partial charge in [0.25, 0.3) is 5.91 Å².